The first-order valence-corrected chi connectivity index (χ1v) is 5.92. The lowest BCUT2D eigenvalue weighted by Crippen LogP contribution is -2.20. The van der Waals surface area contributed by atoms with Crippen molar-refractivity contribution >= 4 is 0 Å². The zero-order valence-corrected chi connectivity index (χ0v) is 10.8. The molecule has 0 saturated carbocycles. The van der Waals surface area contributed by atoms with Crippen LogP contribution in [-0.2, 0) is 0 Å². The normalized spacial score (nSPS) is 12.4. The Morgan fingerprint density at radius 3 is 2.28 bits per heavy atom. The predicted octanol–water partition coefficient (Wildman–Crippen LogP) is 2.82. The average molecular weight is 246 g/mol. The lowest BCUT2D eigenvalue weighted by molar-refractivity contribution is 0.450. The Bertz CT molecular complexity index is 541. The second-order valence-electron chi connectivity index (χ2n) is 4.55. The number of phenols is 2. The molecule has 0 aliphatic carbocycles. The third-order valence-corrected chi connectivity index (χ3v) is 3.07. The third kappa shape index (κ3) is 2.27. The van der Waals surface area contributed by atoms with Gasteiger partial charge in [0.05, 0.1) is 6.04 Å². The van der Waals surface area contributed by atoms with Crippen molar-refractivity contribution in [3.05, 3.63) is 47.3 Å². The van der Waals surface area contributed by atoms with Gasteiger partial charge in [0.1, 0.15) is 11.5 Å². The summed E-state index contributed by atoms with van der Waals surface area (Å²) in [5, 5.41) is 19.3. The molecule has 3 N–H and O–H groups in total. The van der Waals surface area contributed by atoms with Crippen LogP contribution in [0.2, 0.25) is 0 Å². The Kier molecular flexibility index (Phi) is 3.19. The summed E-state index contributed by atoms with van der Waals surface area (Å²) in [6.45, 7) is 5.96. The van der Waals surface area contributed by atoms with E-state index < -0.39 is 0 Å². The fourth-order valence-electron chi connectivity index (χ4n) is 2.02. The smallest absolute Gasteiger partial charge is 0.121 e. The van der Waals surface area contributed by atoms with E-state index in [1.165, 1.54) is 12.1 Å². The van der Waals surface area contributed by atoms with E-state index in [4.69, 9.17) is 0 Å². The Labute approximate surface area is 106 Å². The number of nitrogens with zero attached hydrogens (tertiary/aromatic N) is 1. The zero-order valence-electron chi connectivity index (χ0n) is 10.8. The van der Waals surface area contributed by atoms with Crippen LogP contribution in [0.5, 0.6) is 11.5 Å². The van der Waals surface area contributed by atoms with Gasteiger partial charge in [-0.2, -0.15) is 0 Å². The van der Waals surface area contributed by atoms with Gasteiger partial charge in [-0.05, 0) is 51.1 Å². The lowest BCUT2D eigenvalue weighted by Gasteiger charge is -2.20. The van der Waals surface area contributed by atoms with Gasteiger partial charge in [0.25, 0.3) is 0 Å². The maximum Gasteiger partial charge on any atom is 0.121 e. The summed E-state index contributed by atoms with van der Waals surface area (Å²) >= 11 is 0. The molecule has 0 spiro atoms. The molecule has 0 aliphatic rings. The van der Waals surface area contributed by atoms with E-state index in [0.29, 0.717) is 5.56 Å². The monoisotopic (exact) mass is 246 g/mol. The van der Waals surface area contributed by atoms with Gasteiger partial charge in [-0.25, -0.2) is 0 Å². The van der Waals surface area contributed by atoms with E-state index in [1.54, 1.807) is 6.07 Å². The summed E-state index contributed by atoms with van der Waals surface area (Å²) in [7, 11) is 0. The Morgan fingerprint density at radius 2 is 1.67 bits per heavy atom. The molecule has 0 fully saturated rings. The number of hydrogen-bond acceptors (Lipinski definition) is 3. The molecule has 96 valence electrons. The number of benzene rings is 1. The van der Waals surface area contributed by atoms with Gasteiger partial charge >= 0.3 is 0 Å². The highest BCUT2D eigenvalue weighted by molar-refractivity contribution is 5.41. The van der Waals surface area contributed by atoms with Crippen LogP contribution in [0.15, 0.2) is 30.3 Å². The molecule has 18 heavy (non-hydrogen) atoms. The maximum absolute atomic E-state index is 9.81. The Hall–Kier alpha value is -2.10. The van der Waals surface area contributed by atoms with E-state index >= 15 is 0 Å². The minimum absolute atomic E-state index is 0.109. The van der Waals surface area contributed by atoms with Crippen molar-refractivity contribution < 1.29 is 10.2 Å². The first kappa shape index (κ1) is 12.4. The molecule has 1 aromatic carbocycles. The van der Waals surface area contributed by atoms with Crippen LogP contribution >= 0.6 is 0 Å². The summed E-state index contributed by atoms with van der Waals surface area (Å²) < 4.78 is 1.97. The molecule has 1 unspecified atom stereocenters. The van der Waals surface area contributed by atoms with Gasteiger partial charge in [-0.1, -0.05) is 0 Å². The van der Waals surface area contributed by atoms with Crippen LogP contribution < -0.4 is 5.43 Å². The Morgan fingerprint density at radius 1 is 1.06 bits per heavy atom. The topological polar surface area (TPSA) is 57.4 Å². The number of phenolic OH excluding ortho intramolecular Hbond substituents is 2. The van der Waals surface area contributed by atoms with E-state index in [9.17, 15) is 10.2 Å². The van der Waals surface area contributed by atoms with Crippen molar-refractivity contribution in [2.45, 2.75) is 26.8 Å². The number of nitrogens with one attached hydrogen (secondary N) is 1. The van der Waals surface area contributed by atoms with Gasteiger partial charge in [-0.15, -0.1) is 0 Å². The van der Waals surface area contributed by atoms with Crippen molar-refractivity contribution in [3.63, 3.8) is 0 Å². The van der Waals surface area contributed by atoms with Crippen molar-refractivity contribution in [2.24, 2.45) is 0 Å². The molecular formula is C14H18N2O2. The summed E-state index contributed by atoms with van der Waals surface area (Å²) in [6.07, 6.45) is 0. The average Bonchev–Trinajstić information content (AvgIpc) is 2.64. The molecule has 4 nitrogen and oxygen atoms in total. The molecule has 1 atom stereocenters. The summed E-state index contributed by atoms with van der Waals surface area (Å²) in [5.74, 6) is 0.327. The summed E-state index contributed by atoms with van der Waals surface area (Å²) in [4.78, 5) is 0. The highest BCUT2D eigenvalue weighted by Crippen LogP contribution is 2.28. The SMILES string of the molecule is Cc1ccc(C)n1NC(C)c1cc(O)ccc1O. The van der Waals surface area contributed by atoms with Crippen LogP contribution in [0.3, 0.4) is 0 Å². The molecule has 1 aromatic heterocycles. The molecule has 0 radical (unpaired) electrons. The first-order chi connectivity index (χ1) is 8.49. The van der Waals surface area contributed by atoms with Gasteiger partial charge in [0, 0.05) is 17.0 Å². The van der Waals surface area contributed by atoms with E-state index in [-0.39, 0.29) is 17.5 Å². The molecule has 2 aromatic rings. The van der Waals surface area contributed by atoms with Crippen LogP contribution in [0.1, 0.15) is 29.9 Å². The molecule has 1 heterocycles. The Balaban J connectivity index is 2.27. The van der Waals surface area contributed by atoms with Crippen molar-refractivity contribution in [3.8, 4) is 11.5 Å². The highest BCUT2D eigenvalue weighted by Gasteiger charge is 2.12. The number of hydrogen-bond donors (Lipinski definition) is 3. The van der Waals surface area contributed by atoms with Crippen LogP contribution in [-0.4, -0.2) is 14.9 Å². The highest BCUT2D eigenvalue weighted by atomic mass is 16.3. The molecule has 0 amide bonds. The number of aryl methyl sites for hydroxylation is 2. The molecule has 0 saturated heterocycles. The molecule has 0 aliphatic heterocycles. The number of aromatic nitrogens is 1. The first-order valence-electron chi connectivity index (χ1n) is 5.92. The van der Waals surface area contributed by atoms with Crippen LogP contribution in [0.25, 0.3) is 0 Å². The summed E-state index contributed by atoms with van der Waals surface area (Å²) in [6, 6.07) is 8.48. The van der Waals surface area contributed by atoms with Crippen molar-refractivity contribution in [2.75, 3.05) is 5.43 Å². The second kappa shape index (κ2) is 4.64. The number of rotatable bonds is 3. The molecule has 2 rings (SSSR count). The zero-order chi connectivity index (χ0) is 13.3. The third-order valence-electron chi connectivity index (χ3n) is 3.07. The van der Waals surface area contributed by atoms with Crippen LogP contribution in [0, 0.1) is 13.8 Å². The number of aromatic hydroxyl groups is 2. The van der Waals surface area contributed by atoms with E-state index in [2.05, 4.69) is 5.43 Å². The van der Waals surface area contributed by atoms with Gasteiger partial charge in [-0.3, -0.25) is 4.68 Å². The maximum atomic E-state index is 9.81. The standard InChI is InChI=1S/C14H18N2O2/c1-9-4-5-10(2)16(9)15-11(3)13-8-12(17)6-7-14(13)18/h4-8,11,15,17-18H,1-3H3. The van der Waals surface area contributed by atoms with Gasteiger partial charge in [0.2, 0.25) is 0 Å². The van der Waals surface area contributed by atoms with Gasteiger partial charge < -0.3 is 15.6 Å². The van der Waals surface area contributed by atoms with E-state index in [0.717, 1.165) is 11.4 Å². The van der Waals surface area contributed by atoms with Crippen LogP contribution in [0.4, 0.5) is 0 Å². The van der Waals surface area contributed by atoms with E-state index in [1.807, 2.05) is 37.6 Å². The minimum atomic E-state index is -0.109. The summed E-state index contributed by atoms with van der Waals surface area (Å²) in [5.41, 5.74) is 6.15. The second-order valence-corrected chi connectivity index (χ2v) is 4.55. The van der Waals surface area contributed by atoms with Crippen molar-refractivity contribution in [1.29, 1.82) is 0 Å². The van der Waals surface area contributed by atoms with Gasteiger partial charge in [0.15, 0.2) is 0 Å². The molecule has 0 bridgehead atoms. The fraction of sp³-hybridized carbons (Fsp3) is 0.286. The van der Waals surface area contributed by atoms with Crippen molar-refractivity contribution in [1.82, 2.24) is 4.68 Å². The lowest BCUT2D eigenvalue weighted by atomic mass is 10.1. The molecular weight excluding hydrogens is 228 g/mol. The quantitative estimate of drug-likeness (QED) is 0.730. The molecule has 4 heteroatoms. The largest absolute Gasteiger partial charge is 0.508 e. The minimum Gasteiger partial charge on any atom is -0.508 e. The fourth-order valence-corrected chi connectivity index (χ4v) is 2.02. The predicted molar refractivity (Wildman–Crippen MR) is 71.5 cm³/mol.